The van der Waals surface area contributed by atoms with Gasteiger partial charge in [-0.3, -0.25) is 9.69 Å². The SMILES string of the molecule is COC(=O)[C@@H]1[C@H]2C[C@H]3c4[nH]c5ccc(OC)cc5c4CCN3C[C@@H]2[C@H](C)O[C@H]1O. The highest BCUT2D eigenvalue weighted by atomic mass is 16.6. The van der Waals surface area contributed by atoms with Crippen molar-refractivity contribution >= 4 is 16.9 Å². The van der Waals surface area contributed by atoms with E-state index in [1.165, 1.54) is 23.8 Å². The van der Waals surface area contributed by atoms with Crippen molar-refractivity contribution in [2.75, 3.05) is 27.3 Å². The van der Waals surface area contributed by atoms with E-state index in [0.29, 0.717) is 0 Å². The van der Waals surface area contributed by atoms with Gasteiger partial charge in [-0.25, -0.2) is 0 Å². The van der Waals surface area contributed by atoms with Crippen molar-refractivity contribution in [2.24, 2.45) is 17.8 Å². The van der Waals surface area contributed by atoms with Crippen LogP contribution in [0.4, 0.5) is 0 Å². The van der Waals surface area contributed by atoms with E-state index in [1.54, 1.807) is 7.11 Å². The fraction of sp³-hybridized carbons (Fsp3) is 0.591. The van der Waals surface area contributed by atoms with Gasteiger partial charge in [-0.1, -0.05) is 0 Å². The van der Waals surface area contributed by atoms with E-state index in [4.69, 9.17) is 14.2 Å². The highest BCUT2D eigenvalue weighted by Gasteiger charge is 2.52. The number of aromatic nitrogens is 1. The van der Waals surface area contributed by atoms with Crippen LogP contribution in [0.2, 0.25) is 0 Å². The summed E-state index contributed by atoms with van der Waals surface area (Å²) in [5.74, 6) is 0.0557. The number of nitrogens with one attached hydrogen (secondary N) is 1. The molecular formula is C22H28N2O5. The molecule has 0 saturated carbocycles. The van der Waals surface area contributed by atoms with Gasteiger partial charge in [0.15, 0.2) is 6.29 Å². The number of carbonyl (C=O) groups excluding carboxylic acids is 1. The number of aliphatic hydroxyl groups excluding tert-OH is 1. The van der Waals surface area contributed by atoms with E-state index in [9.17, 15) is 9.90 Å². The van der Waals surface area contributed by atoms with Crippen LogP contribution in [0, 0.1) is 17.8 Å². The first-order valence-electron chi connectivity index (χ1n) is 10.4. The van der Waals surface area contributed by atoms with Crippen molar-refractivity contribution in [2.45, 2.75) is 38.2 Å². The van der Waals surface area contributed by atoms with Gasteiger partial charge in [0, 0.05) is 35.6 Å². The van der Waals surface area contributed by atoms with Gasteiger partial charge in [-0.15, -0.1) is 0 Å². The number of H-pyrrole nitrogens is 1. The molecule has 0 unspecified atom stereocenters. The molecule has 3 aliphatic rings. The number of aliphatic hydroxyl groups is 1. The number of benzene rings is 1. The highest BCUT2D eigenvalue weighted by Crippen LogP contribution is 2.49. The topological polar surface area (TPSA) is 84.0 Å². The molecule has 0 spiro atoms. The van der Waals surface area contributed by atoms with Crippen LogP contribution in [0.1, 0.15) is 30.6 Å². The number of esters is 1. The molecule has 2 N–H and O–H groups in total. The number of carbonyl (C=O) groups is 1. The van der Waals surface area contributed by atoms with Crippen LogP contribution < -0.4 is 4.74 Å². The first-order chi connectivity index (χ1) is 14.0. The van der Waals surface area contributed by atoms with Crippen molar-refractivity contribution in [1.29, 1.82) is 0 Å². The lowest BCUT2D eigenvalue weighted by Crippen LogP contribution is -2.58. The molecule has 0 aliphatic carbocycles. The molecule has 2 aromatic rings. The lowest BCUT2D eigenvalue weighted by Gasteiger charge is -2.52. The number of ether oxygens (including phenoxy) is 3. The first kappa shape index (κ1) is 18.9. The van der Waals surface area contributed by atoms with Crippen molar-refractivity contribution in [3.05, 3.63) is 29.5 Å². The second-order valence-corrected chi connectivity index (χ2v) is 8.53. The van der Waals surface area contributed by atoms with Gasteiger partial charge >= 0.3 is 5.97 Å². The summed E-state index contributed by atoms with van der Waals surface area (Å²) in [6.45, 7) is 3.83. The maximum atomic E-state index is 12.5. The second kappa shape index (κ2) is 7.00. The lowest BCUT2D eigenvalue weighted by molar-refractivity contribution is -0.245. The average Bonchev–Trinajstić information content (AvgIpc) is 3.10. The third-order valence-corrected chi connectivity index (χ3v) is 7.26. The number of nitrogens with zero attached hydrogens (tertiary/aromatic N) is 1. The zero-order valence-electron chi connectivity index (χ0n) is 17.1. The Balaban J connectivity index is 1.53. The number of rotatable bonds is 2. The minimum Gasteiger partial charge on any atom is -0.497 e. The average molecular weight is 400 g/mol. The molecule has 5 rings (SSSR count). The van der Waals surface area contributed by atoms with Crippen LogP contribution >= 0.6 is 0 Å². The van der Waals surface area contributed by atoms with Gasteiger partial charge in [0.1, 0.15) is 11.7 Å². The maximum Gasteiger partial charge on any atom is 0.314 e. The predicted octanol–water partition coefficient (Wildman–Crippen LogP) is 2.24. The Bertz CT molecular complexity index is 941. The van der Waals surface area contributed by atoms with Gasteiger partial charge in [-0.05, 0) is 49.4 Å². The second-order valence-electron chi connectivity index (χ2n) is 8.53. The van der Waals surface area contributed by atoms with Crippen molar-refractivity contribution < 1.29 is 24.1 Å². The number of hydrogen-bond donors (Lipinski definition) is 2. The summed E-state index contributed by atoms with van der Waals surface area (Å²) in [4.78, 5) is 18.6. The molecule has 2 fully saturated rings. The molecule has 0 amide bonds. The van der Waals surface area contributed by atoms with Crippen molar-refractivity contribution in [1.82, 2.24) is 9.88 Å². The van der Waals surface area contributed by atoms with E-state index in [-0.39, 0.29) is 30.0 Å². The molecule has 7 heteroatoms. The minimum atomic E-state index is -1.11. The normalized spacial score (nSPS) is 34.2. The number of methoxy groups -OCH3 is 2. The molecular weight excluding hydrogens is 372 g/mol. The van der Waals surface area contributed by atoms with Gasteiger partial charge in [0.2, 0.25) is 0 Å². The Morgan fingerprint density at radius 3 is 2.90 bits per heavy atom. The summed E-state index contributed by atoms with van der Waals surface area (Å²) in [5.41, 5.74) is 3.69. The van der Waals surface area contributed by atoms with Crippen LogP contribution in [-0.2, 0) is 20.7 Å². The maximum absolute atomic E-state index is 12.5. The molecule has 3 aliphatic heterocycles. The van der Waals surface area contributed by atoms with E-state index >= 15 is 0 Å². The van der Waals surface area contributed by atoms with Crippen LogP contribution in [0.25, 0.3) is 10.9 Å². The Hall–Kier alpha value is -2.09. The van der Waals surface area contributed by atoms with Gasteiger partial charge < -0.3 is 24.3 Å². The zero-order valence-corrected chi connectivity index (χ0v) is 17.1. The Morgan fingerprint density at radius 1 is 1.31 bits per heavy atom. The molecule has 2 saturated heterocycles. The first-order valence-corrected chi connectivity index (χ1v) is 10.4. The molecule has 1 aromatic heterocycles. The molecule has 156 valence electrons. The van der Waals surface area contributed by atoms with Gasteiger partial charge in [0.05, 0.1) is 26.4 Å². The zero-order chi connectivity index (χ0) is 20.3. The quantitative estimate of drug-likeness (QED) is 0.753. The molecule has 1 aromatic carbocycles. The summed E-state index contributed by atoms with van der Waals surface area (Å²) < 4.78 is 16.1. The van der Waals surface area contributed by atoms with E-state index in [1.807, 2.05) is 13.0 Å². The van der Waals surface area contributed by atoms with Crippen LogP contribution in [0.3, 0.4) is 0 Å². The molecule has 0 bridgehead atoms. The smallest absolute Gasteiger partial charge is 0.314 e. The lowest BCUT2D eigenvalue weighted by atomic mass is 9.68. The Morgan fingerprint density at radius 2 is 2.14 bits per heavy atom. The Labute approximate surface area is 169 Å². The fourth-order valence-corrected chi connectivity index (χ4v) is 5.80. The minimum absolute atomic E-state index is 0.0225. The molecule has 29 heavy (non-hydrogen) atoms. The molecule has 4 heterocycles. The summed E-state index contributed by atoms with van der Waals surface area (Å²) in [5, 5.41) is 11.7. The van der Waals surface area contributed by atoms with Crippen LogP contribution in [0.15, 0.2) is 18.2 Å². The standard InChI is InChI=1S/C22H28N2O5/c1-11-16-10-24-7-6-13-14-8-12(27-2)4-5-17(14)23-20(13)18(24)9-15(16)19(21(25)28-3)22(26)29-11/h4-5,8,11,15-16,18-19,22-23,26H,6-7,9-10H2,1-3H3/t11-,15-,16+,18-,19-,22+/m0/s1. The molecule has 6 atom stereocenters. The number of piperidine rings is 1. The van der Waals surface area contributed by atoms with E-state index in [0.717, 1.165) is 37.2 Å². The highest BCUT2D eigenvalue weighted by molar-refractivity contribution is 5.86. The summed E-state index contributed by atoms with van der Waals surface area (Å²) >= 11 is 0. The number of hydrogen-bond acceptors (Lipinski definition) is 6. The van der Waals surface area contributed by atoms with Crippen molar-refractivity contribution in [3.8, 4) is 5.75 Å². The van der Waals surface area contributed by atoms with Crippen molar-refractivity contribution in [3.63, 3.8) is 0 Å². The largest absolute Gasteiger partial charge is 0.497 e. The van der Waals surface area contributed by atoms with Gasteiger partial charge in [-0.2, -0.15) is 0 Å². The third kappa shape index (κ3) is 2.86. The summed E-state index contributed by atoms with van der Waals surface area (Å²) in [6.07, 6.45) is 0.575. The monoisotopic (exact) mass is 400 g/mol. The van der Waals surface area contributed by atoms with Gasteiger partial charge in [0.25, 0.3) is 0 Å². The summed E-state index contributed by atoms with van der Waals surface area (Å²) in [7, 11) is 3.06. The number of fused-ring (bicyclic) bond motifs is 6. The summed E-state index contributed by atoms with van der Waals surface area (Å²) in [6, 6.07) is 6.34. The Kier molecular flexibility index (Phi) is 4.57. The fourth-order valence-electron chi connectivity index (χ4n) is 5.80. The van der Waals surface area contributed by atoms with Crippen LogP contribution in [0.5, 0.6) is 5.75 Å². The molecule has 0 radical (unpaired) electrons. The third-order valence-electron chi connectivity index (χ3n) is 7.26. The predicted molar refractivity (Wildman–Crippen MR) is 107 cm³/mol. The van der Waals surface area contributed by atoms with E-state index in [2.05, 4.69) is 22.0 Å². The van der Waals surface area contributed by atoms with Crippen LogP contribution in [-0.4, -0.2) is 60.7 Å². The number of aromatic amines is 1. The van der Waals surface area contributed by atoms with E-state index < -0.39 is 12.2 Å². The molecule has 7 nitrogen and oxygen atoms in total.